The molecule has 2 heterocycles. The van der Waals surface area contributed by atoms with Crippen LogP contribution in [0.2, 0.25) is 0 Å². The van der Waals surface area contributed by atoms with Crippen molar-refractivity contribution >= 4 is 5.91 Å². The highest BCUT2D eigenvalue weighted by Crippen LogP contribution is 2.22. The van der Waals surface area contributed by atoms with E-state index in [0.29, 0.717) is 43.6 Å². The van der Waals surface area contributed by atoms with E-state index in [1.54, 1.807) is 12.1 Å². The standard InChI is InChI=1S/C18H24N4O3/c1-18(2,3)12-15-19-16(21-25-15)13-4-6-14(7-5-13)17(23)20-22-8-10-24-11-9-22/h4-7H,8-12H2,1-3H3,(H,20,23). The summed E-state index contributed by atoms with van der Waals surface area (Å²) in [4.78, 5) is 16.7. The maximum Gasteiger partial charge on any atom is 0.265 e. The lowest BCUT2D eigenvalue weighted by Crippen LogP contribution is -2.48. The van der Waals surface area contributed by atoms with Crippen molar-refractivity contribution < 1.29 is 14.1 Å². The maximum atomic E-state index is 12.3. The summed E-state index contributed by atoms with van der Waals surface area (Å²) in [5.74, 6) is 1.03. The molecule has 25 heavy (non-hydrogen) atoms. The van der Waals surface area contributed by atoms with Crippen LogP contribution in [0.25, 0.3) is 11.4 Å². The topological polar surface area (TPSA) is 80.5 Å². The molecular weight excluding hydrogens is 320 g/mol. The van der Waals surface area contributed by atoms with E-state index in [2.05, 4.69) is 36.3 Å². The molecule has 1 aromatic heterocycles. The molecule has 7 nitrogen and oxygen atoms in total. The molecule has 1 fully saturated rings. The van der Waals surface area contributed by atoms with E-state index in [9.17, 15) is 4.79 Å². The zero-order valence-electron chi connectivity index (χ0n) is 14.9. The molecule has 1 amide bonds. The van der Waals surface area contributed by atoms with Gasteiger partial charge in [0, 0.05) is 30.6 Å². The molecule has 7 heteroatoms. The van der Waals surface area contributed by atoms with E-state index in [1.807, 2.05) is 17.1 Å². The van der Waals surface area contributed by atoms with Crippen LogP contribution in [0.4, 0.5) is 0 Å². The summed E-state index contributed by atoms with van der Waals surface area (Å²) >= 11 is 0. The fourth-order valence-corrected chi connectivity index (χ4v) is 2.55. The maximum absolute atomic E-state index is 12.3. The van der Waals surface area contributed by atoms with Gasteiger partial charge in [0.1, 0.15) is 0 Å². The zero-order chi connectivity index (χ0) is 17.9. The summed E-state index contributed by atoms with van der Waals surface area (Å²) in [5, 5.41) is 5.90. The molecule has 1 aromatic carbocycles. The van der Waals surface area contributed by atoms with Gasteiger partial charge in [0.2, 0.25) is 11.7 Å². The van der Waals surface area contributed by atoms with E-state index in [4.69, 9.17) is 9.26 Å². The highest BCUT2D eigenvalue weighted by Gasteiger charge is 2.18. The van der Waals surface area contributed by atoms with Gasteiger partial charge in [-0.05, 0) is 17.5 Å². The average molecular weight is 344 g/mol. The number of benzene rings is 1. The van der Waals surface area contributed by atoms with Crippen molar-refractivity contribution in [1.82, 2.24) is 20.6 Å². The highest BCUT2D eigenvalue weighted by atomic mass is 16.5. The predicted octanol–water partition coefficient (Wildman–Crippen LogP) is 2.30. The van der Waals surface area contributed by atoms with Crippen molar-refractivity contribution in [2.75, 3.05) is 26.3 Å². The second-order valence-corrected chi connectivity index (χ2v) is 7.37. The van der Waals surface area contributed by atoms with Gasteiger partial charge in [0.05, 0.1) is 13.2 Å². The SMILES string of the molecule is CC(C)(C)Cc1nc(-c2ccc(C(=O)NN3CCOCC3)cc2)no1. The molecule has 1 aliphatic rings. The zero-order valence-corrected chi connectivity index (χ0v) is 14.9. The Kier molecular flexibility index (Phi) is 5.15. The third kappa shape index (κ3) is 4.87. The van der Waals surface area contributed by atoms with Gasteiger partial charge in [0.15, 0.2) is 0 Å². The summed E-state index contributed by atoms with van der Waals surface area (Å²) in [6.45, 7) is 9.03. The van der Waals surface area contributed by atoms with Gasteiger partial charge in [0.25, 0.3) is 5.91 Å². The number of hydrogen-bond donors (Lipinski definition) is 1. The van der Waals surface area contributed by atoms with Crippen LogP contribution >= 0.6 is 0 Å². The van der Waals surface area contributed by atoms with E-state index in [-0.39, 0.29) is 11.3 Å². The number of amides is 1. The first kappa shape index (κ1) is 17.6. The van der Waals surface area contributed by atoms with Gasteiger partial charge in [-0.15, -0.1) is 0 Å². The Morgan fingerprint density at radius 1 is 1.20 bits per heavy atom. The van der Waals surface area contributed by atoms with Crippen LogP contribution in [0.5, 0.6) is 0 Å². The molecule has 0 radical (unpaired) electrons. The quantitative estimate of drug-likeness (QED) is 0.917. The minimum Gasteiger partial charge on any atom is -0.379 e. The third-order valence-electron chi connectivity index (χ3n) is 3.83. The van der Waals surface area contributed by atoms with Crippen molar-refractivity contribution in [2.45, 2.75) is 27.2 Å². The van der Waals surface area contributed by atoms with Crippen molar-refractivity contribution in [1.29, 1.82) is 0 Å². The van der Waals surface area contributed by atoms with Crippen LogP contribution < -0.4 is 5.43 Å². The Balaban J connectivity index is 1.64. The van der Waals surface area contributed by atoms with Crippen molar-refractivity contribution in [3.8, 4) is 11.4 Å². The first-order valence-corrected chi connectivity index (χ1v) is 8.47. The molecule has 0 spiro atoms. The lowest BCUT2D eigenvalue weighted by molar-refractivity contribution is 0.0126. The van der Waals surface area contributed by atoms with Crippen molar-refractivity contribution in [2.24, 2.45) is 5.41 Å². The molecular formula is C18H24N4O3. The minimum atomic E-state index is -0.130. The Labute approximate surface area is 147 Å². The summed E-state index contributed by atoms with van der Waals surface area (Å²) in [6.07, 6.45) is 0.722. The van der Waals surface area contributed by atoms with Crippen LogP contribution in [-0.2, 0) is 11.2 Å². The van der Waals surface area contributed by atoms with Gasteiger partial charge >= 0.3 is 0 Å². The second-order valence-electron chi connectivity index (χ2n) is 7.37. The number of nitrogens with zero attached hydrogens (tertiary/aromatic N) is 3. The molecule has 0 bridgehead atoms. The number of rotatable bonds is 4. The second kappa shape index (κ2) is 7.33. The smallest absolute Gasteiger partial charge is 0.265 e. The lowest BCUT2D eigenvalue weighted by atomic mass is 9.92. The monoisotopic (exact) mass is 344 g/mol. The molecule has 0 atom stereocenters. The van der Waals surface area contributed by atoms with E-state index < -0.39 is 0 Å². The first-order valence-electron chi connectivity index (χ1n) is 8.47. The number of nitrogens with one attached hydrogen (secondary N) is 1. The number of aromatic nitrogens is 2. The van der Waals surface area contributed by atoms with Crippen molar-refractivity contribution in [3.63, 3.8) is 0 Å². The Bertz CT molecular complexity index is 713. The highest BCUT2D eigenvalue weighted by molar-refractivity contribution is 5.94. The molecule has 1 aliphatic heterocycles. The Morgan fingerprint density at radius 3 is 2.52 bits per heavy atom. The van der Waals surface area contributed by atoms with Crippen molar-refractivity contribution in [3.05, 3.63) is 35.7 Å². The van der Waals surface area contributed by atoms with E-state index in [1.165, 1.54) is 0 Å². The number of ether oxygens (including phenoxy) is 1. The van der Waals surface area contributed by atoms with Crippen LogP contribution in [0.3, 0.4) is 0 Å². The number of carbonyl (C=O) groups is 1. The average Bonchev–Trinajstić information content (AvgIpc) is 3.02. The number of hydrazine groups is 1. The first-order chi connectivity index (χ1) is 11.9. The molecule has 1 saturated heterocycles. The largest absolute Gasteiger partial charge is 0.379 e. The molecule has 134 valence electrons. The minimum absolute atomic E-state index is 0.0885. The summed E-state index contributed by atoms with van der Waals surface area (Å²) in [7, 11) is 0. The molecule has 3 rings (SSSR count). The molecule has 0 unspecified atom stereocenters. The van der Waals surface area contributed by atoms with Gasteiger partial charge < -0.3 is 9.26 Å². The van der Waals surface area contributed by atoms with Gasteiger partial charge in [-0.3, -0.25) is 10.2 Å². The normalized spacial score (nSPS) is 16.0. The van der Waals surface area contributed by atoms with Crippen LogP contribution in [0, 0.1) is 5.41 Å². The predicted molar refractivity (Wildman–Crippen MR) is 92.8 cm³/mol. The van der Waals surface area contributed by atoms with Crippen LogP contribution in [0.15, 0.2) is 28.8 Å². The summed E-state index contributed by atoms with van der Waals surface area (Å²) < 4.78 is 10.6. The molecule has 0 aliphatic carbocycles. The van der Waals surface area contributed by atoms with Crippen LogP contribution in [0.1, 0.15) is 37.0 Å². The van der Waals surface area contributed by atoms with Crippen LogP contribution in [-0.4, -0.2) is 47.4 Å². The number of morpholine rings is 1. The fraction of sp³-hybridized carbons (Fsp3) is 0.500. The molecule has 0 saturated carbocycles. The molecule has 1 N–H and O–H groups in total. The molecule has 2 aromatic rings. The van der Waals surface area contributed by atoms with Gasteiger partial charge in [-0.2, -0.15) is 4.98 Å². The number of hydrogen-bond acceptors (Lipinski definition) is 6. The van der Waals surface area contributed by atoms with Gasteiger partial charge in [-0.25, -0.2) is 5.01 Å². The Morgan fingerprint density at radius 2 is 1.88 bits per heavy atom. The Hall–Kier alpha value is -2.25. The van der Waals surface area contributed by atoms with E-state index in [0.717, 1.165) is 12.0 Å². The van der Waals surface area contributed by atoms with Gasteiger partial charge in [-0.1, -0.05) is 38.1 Å². The third-order valence-corrected chi connectivity index (χ3v) is 3.83. The van der Waals surface area contributed by atoms with E-state index >= 15 is 0 Å². The lowest BCUT2D eigenvalue weighted by Gasteiger charge is -2.26. The number of carbonyl (C=O) groups excluding carboxylic acids is 1. The summed E-state index contributed by atoms with van der Waals surface area (Å²) in [6, 6.07) is 7.20. The fourth-order valence-electron chi connectivity index (χ4n) is 2.55. The summed E-state index contributed by atoms with van der Waals surface area (Å²) in [5.41, 5.74) is 4.39.